The Labute approximate surface area is 229 Å². The Kier molecular flexibility index (Phi) is 7.70. The van der Waals surface area contributed by atoms with Crippen molar-refractivity contribution in [3.05, 3.63) is 58.7 Å². The van der Waals surface area contributed by atoms with Gasteiger partial charge in [0.2, 0.25) is 5.95 Å². The molecule has 5 rings (SSSR count). The summed E-state index contributed by atoms with van der Waals surface area (Å²) in [6, 6.07) is 12.8. The number of carbonyl (C=O) groups is 1. The van der Waals surface area contributed by atoms with Crippen LogP contribution in [0.1, 0.15) is 49.5 Å². The van der Waals surface area contributed by atoms with E-state index < -0.39 is 5.97 Å². The lowest BCUT2D eigenvalue weighted by Gasteiger charge is -2.41. The van der Waals surface area contributed by atoms with Gasteiger partial charge in [0.15, 0.2) is 0 Å². The molecule has 2 saturated heterocycles. The van der Waals surface area contributed by atoms with Crippen LogP contribution in [0.3, 0.4) is 0 Å². The average molecular weight is 535 g/mol. The third-order valence-electron chi connectivity index (χ3n) is 7.38. The van der Waals surface area contributed by atoms with Crippen LogP contribution in [-0.4, -0.2) is 65.8 Å². The molecular weight excluding hydrogens is 500 g/mol. The van der Waals surface area contributed by atoms with Crippen molar-refractivity contribution in [2.24, 2.45) is 0 Å². The first-order chi connectivity index (χ1) is 18.3. The van der Waals surface area contributed by atoms with Crippen molar-refractivity contribution in [3.8, 4) is 11.3 Å². The van der Waals surface area contributed by atoms with Gasteiger partial charge in [-0.05, 0) is 52.7 Å². The summed E-state index contributed by atoms with van der Waals surface area (Å²) in [6.45, 7) is 11.8. The summed E-state index contributed by atoms with van der Waals surface area (Å²) in [5.41, 5.74) is 3.62. The predicted octanol–water partition coefficient (Wildman–Crippen LogP) is 5.38. The maximum atomic E-state index is 12.1. The van der Waals surface area contributed by atoms with Crippen molar-refractivity contribution in [2.75, 3.05) is 47.5 Å². The number of benzene rings is 1. The van der Waals surface area contributed by atoms with Crippen LogP contribution >= 0.6 is 11.6 Å². The average Bonchev–Trinajstić information content (AvgIpc) is 3.34. The third-order valence-corrected chi connectivity index (χ3v) is 7.66. The topological polar surface area (TPSA) is 74.7 Å². The molecule has 0 aliphatic carbocycles. The number of hydrogen-bond acceptors (Lipinski definition) is 8. The molecule has 38 heavy (non-hydrogen) atoms. The van der Waals surface area contributed by atoms with Gasteiger partial charge in [0.05, 0.1) is 22.9 Å². The number of rotatable bonds is 6. The minimum Gasteiger partial charge on any atom is -0.462 e. The fourth-order valence-electron chi connectivity index (χ4n) is 5.36. The molecule has 200 valence electrons. The van der Waals surface area contributed by atoms with Crippen molar-refractivity contribution < 1.29 is 9.53 Å². The van der Waals surface area contributed by atoms with Gasteiger partial charge in [-0.15, -0.1) is 0 Å². The first kappa shape index (κ1) is 26.2. The van der Waals surface area contributed by atoms with E-state index in [0.717, 1.165) is 62.0 Å². The van der Waals surface area contributed by atoms with E-state index in [0.29, 0.717) is 29.1 Å². The molecule has 0 saturated carbocycles. The number of piperazine rings is 1. The van der Waals surface area contributed by atoms with Gasteiger partial charge in [0, 0.05) is 56.1 Å². The lowest BCUT2D eigenvalue weighted by atomic mass is 10.1. The minimum atomic E-state index is -0.414. The Morgan fingerprint density at radius 1 is 1.08 bits per heavy atom. The van der Waals surface area contributed by atoms with Crippen LogP contribution in [0.2, 0.25) is 5.02 Å². The van der Waals surface area contributed by atoms with Gasteiger partial charge in [-0.1, -0.05) is 35.4 Å². The van der Waals surface area contributed by atoms with Crippen molar-refractivity contribution in [1.29, 1.82) is 0 Å². The van der Waals surface area contributed by atoms with E-state index >= 15 is 0 Å². The molecule has 2 unspecified atom stereocenters. The molecule has 2 aromatic heterocycles. The first-order valence-corrected chi connectivity index (χ1v) is 13.8. The minimum absolute atomic E-state index is 0.162. The largest absolute Gasteiger partial charge is 0.462 e. The summed E-state index contributed by atoms with van der Waals surface area (Å²) in [6.07, 6.45) is 3.86. The number of halogens is 1. The van der Waals surface area contributed by atoms with Crippen molar-refractivity contribution in [3.63, 3.8) is 0 Å². The summed E-state index contributed by atoms with van der Waals surface area (Å²) in [5.74, 6) is 2.01. The second-order valence-electron chi connectivity index (χ2n) is 10.2. The predicted molar refractivity (Wildman–Crippen MR) is 152 cm³/mol. The van der Waals surface area contributed by atoms with E-state index in [4.69, 9.17) is 26.3 Å². The molecule has 9 heteroatoms. The van der Waals surface area contributed by atoms with Crippen LogP contribution in [0.25, 0.3) is 11.3 Å². The SMILES string of the molecule is CCOC(=O)c1cnc(N2CCN(c3cc(-c4cccc(C)c4)nc(N4CCCC4C)n3)C(C)C2)c(Cl)c1. The van der Waals surface area contributed by atoms with Crippen LogP contribution in [0, 0.1) is 6.92 Å². The molecule has 0 amide bonds. The van der Waals surface area contributed by atoms with Crippen LogP contribution < -0.4 is 14.7 Å². The lowest BCUT2D eigenvalue weighted by Crippen LogP contribution is -2.52. The number of anilines is 3. The number of aromatic nitrogens is 3. The van der Waals surface area contributed by atoms with Crippen molar-refractivity contribution in [2.45, 2.75) is 52.6 Å². The first-order valence-electron chi connectivity index (χ1n) is 13.4. The van der Waals surface area contributed by atoms with Gasteiger partial charge >= 0.3 is 5.97 Å². The van der Waals surface area contributed by atoms with Crippen LogP contribution in [-0.2, 0) is 4.74 Å². The maximum absolute atomic E-state index is 12.1. The maximum Gasteiger partial charge on any atom is 0.339 e. The summed E-state index contributed by atoms with van der Waals surface area (Å²) in [4.78, 5) is 33.5. The number of nitrogens with zero attached hydrogens (tertiary/aromatic N) is 6. The van der Waals surface area contributed by atoms with E-state index in [1.807, 2.05) is 0 Å². The molecule has 2 atom stereocenters. The number of pyridine rings is 1. The molecule has 0 bridgehead atoms. The molecule has 2 fully saturated rings. The highest BCUT2D eigenvalue weighted by Gasteiger charge is 2.30. The molecule has 8 nitrogen and oxygen atoms in total. The Morgan fingerprint density at radius 3 is 2.61 bits per heavy atom. The normalized spacial score (nSPS) is 19.7. The summed E-state index contributed by atoms with van der Waals surface area (Å²) in [7, 11) is 0. The number of esters is 1. The van der Waals surface area contributed by atoms with Crippen LogP contribution in [0.15, 0.2) is 42.6 Å². The Balaban J connectivity index is 1.41. The fourth-order valence-corrected chi connectivity index (χ4v) is 5.65. The summed E-state index contributed by atoms with van der Waals surface area (Å²) in [5, 5.41) is 0.449. The standard InChI is InChI=1S/C29H35ClN6O2/c1-5-38-28(37)23-15-24(30)27(31-17-23)34-12-13-35(21(4)18-34)26-16-25(22-10-6-8-19(2)14-22)32-29(33-26)36-11-7-9-20(36)3/h6,8,10,14-17,20-21H,5,7,9,11-13,18H2,1-4H3. The molecule has 0 radical (unpaired) electrons. The smallest absolute Gasteiger partial charge is 0.339 e. The Morgan fingerprint density at radius 2 is 1.92 bits per heavy atom. The van der Waals surface area contributed by atoms with E-state index in [1.54, 1.807) is 13.0 Å². The highest BCUT2D eigenvalue weighted by Crippen LogP contribution is 2.32. The van der Waals surface area contributed by atoms with Gasteiger partial charge in [-0.25, -0.2) is 14.8 Å². The van der Waals surface area contributed by atoms with Crippen molar-refractivity contribution in [1.82, 2.24) is 15.0 Å². The molecule has 4 heterocycles. The van der Waals surface area contributed by atoms with Gasteiger partial charge in [-0.3, -0.25) is 0 Å². The number of carbonyl (C=O) groups excluding carboxylic acids is 1. The van der Waals surface area contributed by atoms with E-state index in [-0.39, 0.29) is 6.04 Å². The van der Waals surface area contributed by atoms with E-state index in [2.05, 4.69) is 70.8 Å². The molecule has 2 aliphatic heterocycles. The number of aryl methyl sites for hydroxylation is 1. The molecule has 3 aromatic rings. The summed E-state index contributed by atoms with van der Waals surface area (Å²) >= 11 is 6.56. The monoisotopic (exact) mass is 534 g/mol. The zero-order chi connectivity index (χ0) is 26.8. The fraction of sp³-hybridized carbons (Fsp3) is 0.448. The highest BCUT2D eigenvalue weighted by molar-refractivity contribution is 6.33. The molecule has 0 N–H and O–H groups in total. The number of hydrogen-bond donors (Lipinski definition) is 0. The molecule has 0 spiro atoms. The zero-order valence-corrected chi connectivity index (χ0v) is 23.3. The van der Waals surface area contributed by atoms with Crippen LogP contribution in [0.5, 0.6) is 0 Å². The quantitative estimate of drug-likeness (QED) is 0.390. The second-order valence-corrected chi connectivity index (χ2v) is 10.6. The lowest BCUT2D eigenvalue weighted by molar-refractivity contribution is 0.0526. The van der Waals surface area contributed by atoms with Gasteiger partial charge in [0.25, 0.3) is 0 Å². The Bertz CT molecular complexity index is 1320. The third kappa shape index (κ3) is 5.41. The van der Waals surface area contributed by atoms with Crippen LogP contribution in [0.4, 0.5) is 17.6 Å². The van der Waals surface area contributed by atoms with Gasteiger partial charge < -0.3 is 19.4 Å². The zero-order valence-electron chi connectivity index (χ0n) is 22.5. The van der Waals surface area contributed by atoms with E-state index in [1.165, 1.54) is 11.8 Å². The van der Waals surface area contributed by atoms with Gasteiger partial charge in [-0.2, -0.15) is 4.98 Å². The van der Waals surface area contributed by atoms with Gasteiger partial charge in [0.1, 0.15) is 11.6 Å². The second kappa shape index (κ2) is 11.2. The van der Waals surface area contributed by atoms with E-state index in [9.17, 15) is 4.79 Å². The molecule has 1 aromatic carbocycles. The number of ether oxygens (including phenoxy) is 1. The van der Waals surface area contributed by atoms with Crippen molar-refractivity contribution >= 4 is 35.2 Å². The summed E-state index contributed by atoms with van der Waals surface area (Å²) < 4.78 is 5.08. The Hall–Kier alpha value is -3.39. The highest BCUT2D eigenvalue weighted by atomic mass is 35.5. The molecular formula is C29H35ClN6O2. The molecule has 2 aliphatic rings.